The fourth-order valence-electron chi connectivity index (χ4n) is 3.76. The molecule has 0 bridgehead atoms. The number of carbonyl (C=O) groups excluding carboxylic acids is 1. The summed E-state index contributed by atoms with van der Waals surface area (Å²) in [6.45, 7) is 0. The summed E-state index contributed by atoms with van der Waals surface area (Å²) in [5.41, 5.74) is 3.16. The molecule has 5 nitrogen and oxygen atoms in total. The van der Waals surface area contributed by atoms with E-state index in [4.69, 9.17) is 27.6 Å². The number of phenols is 1. The number of hydrogen-bond donors (Lipinski definition) is 2. The zero-order chi connectivity index (χ0) is 24.4. The predicted molar refractivity (Wildman–Crippen MR) is 139 cm³/mol. The second kappa shape index (κ2) is 9.66. The van der Waals surface area contributed by atoms with Crippen LogP contribution in [-0.2, 0) is 0 Å². The van der Waals surface area contributed by atoms with Gasteiger partial charge in [-0.3, -0.25) is 10.1 Å². The van der Waals surface area contributed by atoms with Crippen LogP contribution in [0.25, 0.3) is 33.8 Å². The van der Waals surface area contributed by atoms with E-state index < -0.39 is 5.91 Å². The highest BCUT2D eigenvalue weighted by molar-refractivity contribution is 6.33. The van der Waals surface area contributed by atoms with Gasteiger partial charge in [-0.1, -0.05) is 77.8 Å². The van der Waals surface area contributed by atoms with E-state index >= 15 is 0 Å². The summed E-state index contributed by atoms with van der Waals surface area (Å²) in [4.78, 5) is 18.1. The summed E-state index contributed by atoms with van der Waals surface area (Å²) in [7, 11) is 0. The van der Waals surface area contributed by atoms with Gasteiger partial charge in [-0.05, 0) is 48.0 Å². The first-order valence-electron chi connectivity index (χ1n) is 10.7. The van der Waals surface area contributed by atoms with Crippen molar-refractivity contribution in [2.75, 3.05) is 5.32 Å². The number of nitrogens with zero attached hydrogens (tertiary/aromatic N) is 1. The van der Waals surface area contributed by atoms with Crippen molar-refractivity contribution in [1.82, 2.24) is 4.98 Å². The molecule has 0 aliphatic rings. The maximum atomic E-state index is 13.5. The minimum atomic E-state index is -0.431. The topological polar surface area (TPSA) is 75.4 Å². The Kier molecular flexibility index (Phi) is 6.27. The minimum Gasteiger partial charge on any atom is -0.507 e. The second-order valence-electron chi connectivity index (χ2n) is 7.70. The van der Waals surface area contributed by atoms with Crippen LogP contribution in [0.4, 0.5) is 5.88 Å². The molecule has 5 aromatic rings. The van der Waals surface area contributed by atoms with Crippen molar-refractivity contribution in [3.63, 3.8) is 0 Å². The number of rotatable bonds is 5. The Bertz CT molecular complexity index is 1530. The molecule has 4 aromatic carbocycles. The van der Waals surface area contributed by atoms with E-state index in [1.54, 1.807) is 42.5 Å². The molecular formula is C28H18Cl2N2O3. The lowest BCUT2D eigenvalue weighted by molar-refractivity contribution is 0.102. The van der Waals surface area contributed by atoms with Crippen LogP contribution < -0.4 is 5.32 Å². The smallest absolute Gasteiger partial charge is 0.258 e. The van der Waals surface area contributed by atoms with Crippen molar-refractivity contribution >= 4 is 35.0 Å². The Morgan fingerprint density at radius 1 is 0.800 bits per heavy atom. The summed E-state index contributed by atoms with van der Waals surface area (Å²) in [6.07, 6.45) is 0. The summed E-state index contributed by atoms with van der Waals surface area (Å²) < 4.78 is 6.02. The van der Waals surface area contributed by atoms with Crippen molar-refractivity contribution in [2.24, 2.45) is 0 Å². The minimum absolute atomic E-state index is 0.0273. The predicted octanol–water partition coefficient (Wildman–Crippen LogP) is 7.94. The van der Waals surface area contributed by atoms with Crippen molar-refractivity contribution < 1.29 is 14.3 Å². The summed E-state index contributed by atoms with van der Waals surface area (Å²) >= 11 is 12.4. The number of aromatic nitrogens is 1. The molecule has 172 valence electrons. The largest absolute Gasteiger partial charge is 0.507 e. The van der Waals surface area contributed by atoms with Crippen LogP contribution in [0.5, 0.6) is 5.75 Å². The zero-order valence-electron chi connectivity index (χ0n) is 18.2. The van der Waals surface area contributed by atoms with Gasteiger partial charge in [-0.15, -0.1) is 0 Å². The lowest BCUT2D eigenvalue weighted by atomic mass is 9.98. The molecule has 0 aliphatic heterocycles. The number of carbonyl (C=O) groups is 1. The number of halogens is 2. The van der Waals surface area contributed by atoms with Gasteiger partial charge >= 0.3 is 0 Å². The molecule has 5 rings (SSSR count). The fourth-order valence-corrected chi connectivity index (χ4v) is 4.16. The third-order valence-corrected chi connectivity index (χ3v) is 5.99. The van der Waals surface area contributed by atoms with Crippen LogP contribution in [0, 0.1) is 0 Å². The molecule has 1 heterocycles. The van der Waals surface area contributed by atoms with E-state index in [2.05, 4.69) is 10.3 Å². The van der Waals surface area contributed by atoms with Crippen LogP contribution in [0.1, 0.15) is 10.4 Å². The number of nitrogens with one attached hydrogen (secondary N) is 1. The molecule has 1 amide bonds. The third-order valence-electron chi connectivity index (χ3n) is 5.43. The number of phenolic OH excluding ortho intramolecular Hbond substituents is 1. The number of benzene rings is 4. The Labute approximate surface area is 211 Å². The van der Waals surface area contributed by atoms with Gasteiger partial charge in [0.25, 0.3) is 5.91 Å². The van der Waals surface area contributed by atoms with E-state index in [-0.39, 0.29) is 11.6 Å². The van der Waals surface area contributed by atoms with Crippen molar-refractivity contribution in [3.8, 4) is 39.6 Å². The first kappa shape index (κ1) is 22.7. The molecule has 0 radical (unpaired) electrons. The second-order valence-corrected chi connectivity index (χ2v) is 8.55. The molecule has 7 heteroatoms. The highest BCUT2D eigenvalue weighted by Crippen LogP contribution is 2.38. The summed E-state index contributed by atoms with van der Waals surface area (Å²) in [5.74, 6) is 0.0519. The van der Waals surface area contributed by atoms with E-state index in [9.17, 15) is 9.90 Å². The van der Waals surface area contributed by atoms with Crippen molar-refractivity contribution in [1.29, 1.82) is 0 Å². The molecule has 0 saturated heterocycles. The number of aromatic hydroxyl groups is 1. The van der Waals surface area contributed by atoms with Crippen molar-refractivity contribution in [2.45, 2.75) is 0 Å². The highest BCUT2D eigenvalue weighted by atomic mass is 35.5. The maximum absolute atomic E-state index is 13.5. The lowest BCUT2D eigenvalue weighted by Crippen LogP contribution is -2.13. The third kappa shape index (κ3) is 4.64. The fraction of sp³-hybridized carbons (Fsp3) is 0. The monoisotopic (exact) mass is 500 g/mol. The standard InChI is InChI=1S/C28H18Cl2N2O3/c29-18-14-15-20(24(33)16-18)19-10-4-5-11-21(19)26(34)32-28-25(22-12-6-7-13-23(22)30)31-27(35-28)17-8-2-1-3-9-17/h1-16,33H,(H,32,34). The SMILES string of the molecule is O=C(Nc1oc(-c2ccccc2)nc1-c1ccccc1Cl)c1ccccc1-c1ccc(Cl)cc1O. The number of oxazole rings is 1. The van der Waals surface area contributed by atoms with E-state index in [1.807, 2.05) is 48.5 Å². The van der Waals surface area contributed by atoms with Gasteiger partial charge in [0, 0.05) is 27.3 Å². The quantitative estimate of drug-likeness (QED) is 0.256. The Morgan fingerprint density at radius 3 is 2.23 bits per heavy atom. The molecule has 35 heavy (non-hydrogen) atoms. The molecule has 0 aliphatic carbocycles. The Morgan fingerprint density at radius 2 is 1.49 bits per heavy atom. The number of anilines is 1. The average Bonchev–Trinajstić information content (AvgIpc) is 3.28. The Hall–Kier alpha value is -4.06. The number of amides is 1. The van der Waals surface area contributed by atoms with E-state index in [0.29, 0.717) is 43.9 Å². The van der Waals surface area contributed by atoms with Crippen LogP contribution in [0.2, 0.25) is 10.0 Å². The van der Waals surface area contributed by atoms with Gasteiger partial charge < -0.3 is 9.52 Å². The molecule has 2 N–H and O–H groups in total. The van der Waals surface area contributed by atoms with Gasteiger partial charge in [-0.2, -0.15) is 0 Å². The molecule has 0 spiro atoms. The molecule has 0 fully saturated rings. The normalized spacial score (nSPS) is 10.8. The average molecular weight is 501 g/mol. The first-order valence-corrected chi connectivity index (χ1v) is 11.5. The maximum Gasteiger partial charge on any atom is 0.258 e. The number of hydrogen-bond acceptors (Lipinski definition) is 4. The zero-order valence-corrected chi connectivity index (χ0v) is 19.7. The molecular weight excluding hydrogens is 483 g/mol. The van der Waals surface area contributed by atoms with Crippen LogP contribution >= 0.6 is 23.2 Å². The first-order chi connectivity index (χ1) is 17.0. The highest BCUT2D eigenvalue weighted by Gasteiger charge is 2.22. The molecule has 0 atom stereocenters. The molecule has 0 saturated carbocycles. The van der Waals surface area contributed by atoms with Gasteiger partial charge in [0.2, 0.25) is 11.8 Å². The van der Waals surface area contributed by atoms with Gasteiger partial charge in [0.1, 0.15) is 11.4 Å². The van der Waals surface area contributed by atoms with Gasteiger partial charge in [-0.25, -0.2) is 4.98 Å². The van der Waals surface area contributed by atoms with Gasteiger partial charge in [0.15, 0.2) is 0 Å². The van der Waals surface area contributed by atoms with Gasteiger partial charge in [0.05, 0.1) is 5.02 Å². The van der Waals surface area contributed by atoms with Crippen LogP contribution in [0.3, 0.4) is 0 Å². The summed E-state index contributed by atoms with van der Waals surface area (Å²) in [5, 5.41) is 14.2. The van der Waals surface area contributed by atoms with E-state index in [0.717, 1.165) is 5.56 Å². The van der Waals surface area contributed by atoms with Crippen LogP contribution in [-0.4, -0.2) is 16.0 Å². The Balaban J connectivity index is 1.58. The summed E-state index contributed by atoms with van der Waals surface area (Å²) in [6, 6.07) is 28.3. The van der Waals surface area contributed by atoms with Crippen molar-refractivity contribution in [3.05, 3.63) is 113 Å². The molecule has 1 aromatic heterocycles. The van der Waals surface area contributed by atoms with Crippen LogP contribution in [0.15, 0.2) is 101 Å². The lowest BCUT2D eigenvalue weighted by Gasteiger charge is -2.11. The molecule has 0 unspecified atom stereocenters. The van der Waals surface area contributed by atoms with E-state index in [1.165, 1.54) is 6.07 Å².